The molecule has 0 bridgehead atoms. The van der Waals surface area contributed by atoms with Crippen LogP contribution >= 0.6 is 23.5 Å². The Hall–Kier alpha value is 0.240. The summed E-state index contributed by atoms with van der Waals surface area (Å²) >= 11 is 0. The monoisotopic (exact) mass is 243 g/mol. The second-order valence-corrected chi connectivity index (χ2v) is 6.10. The standard InChI is InChI=1S/CH6F4N4P3/c1-10(2)8-12(5,7)9-11(3,4)6/h6H,7H2,1H3/q+1. The Morgan fingerprint density at radius 3 is 2.08 bits per heavy atom. The Bertz CT molecular complexity index is 281. The van der Waals surface area contributed by atoms with Gasteiger partial charge in [-0.05, 0) is 0 Å². The molecule has 0 aromatic carbocycles. The van der Waals surface area contributed by atoms with Gasteiger partial charge >= 0.3 is 23.5 Å². The average Bonchev–Trinajstić information content (AvgIpc) is 1.48. The molecule has 0 amide bonds. The zero-order chi connectivity index (χ0) is 9.99. The first-order valence-corrected chi connectivity index (χ1v) is 7.22. The summed E-state index contributed by atoms with van der Waals surface area (Å²) in [6.45, 7) is 0.895. The van der Waals surface area contributed by atoms with Gasteiger partial charge in [-0.2, -0.15) is 4.20 Å². The number of hydrogen-bond donors (Lipinski definition) is 2. The van der Waals surface area contributed by atoms with E-state index < -0.39 is 23.5 Å². The highest BCUT2D eigenvalue weighted by atomic mass is 31.3. The maximum atomic E-state index is 12.6. The van der Waals surface area contributed by atoms with E-state index in [9.17, 15) is 16.8 Å². The first-order valence-electron chi connectivity index (χ1n) is 2.41. The highest BCUT2D eigenvalue weighted by Crippen LogP contribution is 2.64. The third-order valence-electron chi connectivity index (χ3n) is 0.486. The summed E-state index contributed by atoms with van der Waals surface area (Å²) in [6.07, 6.45) is 0. The van der Waals surface area contributed by atoms with Crippen molar-refractivity contribution in [3.8, 4) is 0 Å². The third-order valence-corrected chi connectivity index (χ3v) is 4.38. The number of rotatable bonds is 2. The predicted octanol–water partition coefficient (Wildman–Crippen LogP) is 4.50. The minimum atomic E-state index is -5.42. The van der Waals surface area contributed by atoms with E-state index in [2.05, 4.69) is 14.5 Å². The van der Waals surface area contributed by atoms with Crippen molar-refractivity contribution in [2.45, 2.75) is 0 Å². The maximum absolute atomic E-state index is 12.6. The molecule has 0 aliphatic rings. The summed E-state index contributed by atoms with van der Waals surface area (Å²) in [7, 11) is -12.6. The normalized spacial score (nSPS) is 18.7. The molecule has 0 heterocycles. The van der Waals surface area contributed by atoms with E-state index >= 15 is 0 Å². The molecule has 0 aromatic rings. The smallest absolute Gasteiger partial charge is 0.251 e. The number of nitrogens with one attached hydrogen (secondary N) is 1. The van der Waals surface area contributed by atoms with Crippen molar-refractivity contribution in [1.82, 2.24) is 0 Å². The van der Waals surface area contributed by atoms with Crippen LogP contribution in [0.3, 0.4) is 0 Å². The number of nitrogens with zero attached hydrogens (tertiary/aromatic N) is 2. The quantitative estimate of drug-likeness (QED) is 0.543. The van der Waals surface area contributed by atoms with E-state index in [4.69, 9.17) is 5.16 Å². The van der Waals surface area contributed by atoms with E-state index in [1.165, 1.54) is 0 Å². The van der Waals surface area contributed by atoms with E-state index in [0.717, 1.165) is 6.66 Å². The van der Waals surface area contributed by atoms with Gasteiger partial charge in [-0.1, -0.05) is 0 Å². The van der Waals surface area contributed by atoms with Crippen LogP contribution in [-0.4, -0.2) is 6.66 Å². The van der Waals surface area contributed by atoms with E-state index in [1.54, 1.807) is 0 Å². The topological polar surface area (TPSA) is 74.6 Å². The van der Waals surface area contributed by atoms with Crippen LogP contribution in [0.25, 0.3) is 0 Å². The summed E-state index contributed by atoms with van der Waals surface area (Å²) in [5.41, 5.74) is 4.52. The van der Waals surface area contributed by atoms with Gasteiger partial charge in [0.15, 0.2) is 6.66 Å². The predicted molar refractivity (Wildman–Crippen MR) is 42.9 cm³/mol. The van der Waals surface area contributed by atoms with Crippen LogP contribution in [0.4, 0.5) is 16.8 Å². The van der Waals surface area contributed by atoms with E-state index in [1.807, 2.05) is 0 Å². The molecule has 2 unspecified atom stereocenters. The minimum Gasteiger partial charge on any atom is -0.251 e. The van der Waals surface area contributed by atoms with Gasteiger partial charge in [-0.3, -0.25) is 5.50 Å². The minimum absolute atomic E-state index is 0.895. The van der Waals surface area contributed by atoms with E-state index in [-0.39, 0.29) is 0 Å². The summed E-state index contributed by atoms with van der Waals surface area (Å²) in [5.74, 6) is 0. The molecule has 0 aromatic heterocycles. The van der Waals surface area contributed by atoms with Crippen molar-refractivity contribution >= 4 is 23.5 Å². The molecule has 0 spiro atoms. The van der Waals surface area contributed by atoms with Gasteiger partial charge in [0.05, 0.1) is 0 Å². The zero-order valence-corrected chi connectivity index (χ0v) is 8.51. The largest absolute Gasteiger partial charge is 0.431 e. The van der Waals surface area contributed by atoms with Gasteiger partial charge in [0.2, 0.25) is 0 Å². The lowest BCUT2D eigenvalue weighted by atomic mass is 12.0. The highest BCUT2D eigenvalue weighted by molar-refractivity contribution is 7.69. The summed E-state index contributed by atoms with van der Waals surface area (Å²) in [6, 6.07) is 0. The van der Waals surface area contributed by atoms with E-state index in [0.29, 0.717) is 0 Å². The summed E-state index contributed by atoms with van der Waals surface area (Å²) in [4.78, 5) is 0. The lowest BCUT2D eigenvalue weighted by molar-refractivity contribution is 0.715. The molecule has 72 valence electrons. The zero-order valence-electron chi connectivity index (χ0n) is 5.83. The first-order chi connectivity index (χ1) is 5.12. The molecule has 0 aliphatic carbocycles. The van der Waals surface area contributed by atoms with Crippen molar-refractivity contribution in [2.24, 2.45) is 14.5 Å². The van der Waals surface area contributed by atoms with Crippen molar-refractivity contribution in [3.05, 3.63) is 0 Å². The van der Waals surface area contributed by atoms with Crippen molar-refractivity contribution < 1.29 is 16.8 Å². The van der Waals surface area contributed by atoms with Crippen LogP contribution in [0.5, 0.6) is 0 Å². The first kappa shape index (κ1) is 12.2. The Kier molecular flexibility index (Phi) is 4.04. The van der Waals surface area contributed by atoms with Gasteiger partial charge < -0.3 is 0 Å². The van der Waals surface area contributed by atoms with Crippen LogP contribution in [-0.2, 0) is 0 Å². The fraction of sp³-hybridized carbons (Fsp3) is 1.00. The number of nitrogens with two attached hydrogens (primary N) is 1. The molecule has 0 aliphatic heterocycles. The molecule has 11 heteroatoms. The Morgan fingerprint density at radius 2 is 1.83 bits per heavy atom. The third kappa shape index (κ3) is 6.92. The number of hydrogen-bond acceptors (Lipinski definition) is 1. The molecular formula is CH6F4N4P3+. The molecule has 12 heavy (non-hydrogen) atoms. The molecule has 0 rings (SSSR count). The Labute approximate surface area is 67.6 Å². The van der Waals surface area contributed by atoms with Gasteiger partial charge in [0.25, 0.3) is 0 Å². The van der Waals surface area contributed by atoms with Crippen molar-refractivity contribution in [1.29, 1.82) is 5.16 Å². The highest BCUT2D eigenvalue weighted by Gasteiger charge is 2.24. The fourth-order valence-corrected chi connectivity index (χ4v) is 3.46. The molecule has 0 fully saturated rings. The molecular weight excluding hydrogens is 237 g/mol. The SMILES string of the molecule is C[P+](F)=NP(N)(F)=NP(=N)(F)F. The lowest BCUT2D eigenvalue weighted by Crippen LogP contribution is -1.81. The van der Waals surface area contributed by atoms with Crippen LogP contribution in [0.1, 0.15) is 0 Å². The van der Waals surface area contributed by atoms with Gasteiger partial charge in [0, 0.05) is 8.71 Å². The van der Waals surface area contributed by atoms with Crippen molar-refractivity contribution in [3.63, 3.8) is 0 Å². The van der Waals surface area contributed by atoms with Gasteiger partial charge in [-0.15, -0.1) is 12.9 Å². The van der Waals surface area contributed by atoms with Gasteiger partial charge in [-0.25, -0.2) is 5.16 Å². The molecule has 3 N–H and O–H groups in total. The molecule has 0 radical (unpaired) electrons. The number of halogens is 4. The van der Waals surface area contributed by atoms with Gasteiger partial charge in [0.1, 0.15) is 0 Å². The molecule has 0 saturated heterocycles. The second kappa shape index (κ2) is 3.97. The Balaban J connectivity index is 4.99. The molecule has 0 saturated carbocycles. The van der Waals surface area contributed by atoms with Crippen molar-refractivity contribution in [2.75, 3.05) is 6.66 Å². The summed E-state index contributed by atoms with van der Waals surface area (Å²) < 4.78 is 52.9. The molecule has 2 atom stereocenters. The Morgan fingerprint density at radius 1 is 1.42 bits per heavy atom. The van der Waals surface area contributed by atoms with Crippen LogP contribution in [0.2, 0.25) is 0 Å². The van der Waals surface area contributed by atoms with Crippen LogP contribution in [0, 0.1) is 5.16 Å². The van der Waals surface area contributed by atoms with Crippen LogP contribution in [0.15, 0.2) is 9.03 Å². The van der Waals surface area contributed by atoms with Crippen LogP contribution < -0.4 is 5.50 Å². The second-order valence-electron chi connectivity index (χ2n) is 1.68. The fourth-order valence-electron chi connectivity index (χ4n) is 0.348. The molecule has 4 nitrogen and oxygen atoms in total. The average molecular weight is 243 g/mol. The summed E-state index contributed by atoms with van der Waals surface area (Å²) in [5, 5.41) is 5.98. The lowest BCUT2D eigenvalue weighted by Gasteiger charge is -1.97. The maximum Gasteiger partial charge on any atom is 0.431 e.